The molecule has 0 saturated carbocycles. The van der Waals surface area contributed by atoms with Crippen LogP contribution < -0.4 is 15.2 Å². The maximum absolute atomic E-state index is 15.2. The zero-order chi connectivity index (χ0) is 21.3. The van der Waals surface area contributed by atoms with E-state index in [1.807, 2.05) is 0 Å². The van der Waals surface area contributed by atoms with Crippen LogP contribution in [0.1, 0.15) is 0 Å². The number of aromatic nitrogens is 2. The monoisotopic (exact) mass is 428 g/mol. The number of benzene rings is 3. The summed E-state index contributed by atoms with van der Waals surface area (Å²) in [6.07, 6.45) is 1.49. The summed E-state index contributed by atoms with van der Waals surface area (Å²) in [4.78, 5) is 8.41. The summed E-state index contributed by atoms with van der Waals surface area (Å²) < 4.78 is 51.2. The topological polar surface area (TPSA) is 73.1 Å². The van der Waals surface area contributed by atoms with Crippen molar-refractivity contribution in [3.8, 4) is 16.9 Å². The highest BCUT2D eigenvalue weighted by Crippen LogP contribution is 2.36. The van der Waals surface area contributed by atoms with Gasteiger partial charge in [-0.05, 0) is 60.0 Å². The lowest BCUT2D eigenvalue weighted by Gasteiger charge is -2.13. The molecule has 3 N–H and O–H groups in total. The molecule has 4 aromatic rings. The Kier molecular flexibility index (Phi) is 5.37. The first kappa shape index (κ1) is 19.8. The van der Waals surface area contributed by atoms with Crippen molar-refractivity contribution in [2.75, 3.05) is 17.6 Å². The number of nitrogens with one attached hydrogen (secondary N) is 1. The number of nitrogens with two attached hydrogens (primary N) is 1. The van der Waals surface area contributed by atoms with Crippen LogP contribution in [0.15, 0.2) is 59.6 Å². The molecule has 5 nitrogen and oxygen atoms in total. The lowest BCUT2D eigenvalue weighted by molar-refractivity contribution is 0.403. The number of ether oxygens (including phenoxy) is 1. The first-order valence-corrected chi connectivity index (χ1v) is 9.55. The second kappa shape index (κ2) is 8.11. The molecule has 0 spiro atoms. The summed E-state index contributed by atoms with van der Waals surface area (Å²) in [5.41, 5.74) is 6.29. The Morgan fingerprint density at radius 3 is 2.67 bits per heavy atom. The molecule has 0 unspecified atom stereocenters. The zero-order valence-electron chi connectivity index (χ0n) is 15.6. The van der Waals surface area contributed by atoms with Crippen molar-refractivity contribution < 1.29 is 17.9 Å². The normalized spacial score (nSPS) is 10.9. The molecule has 152 valence electrons. The van der Waals surface area contributed by atoms with Crippen LogP contribution >= 0.6 is 11.9 Å². The number of rotatable bonds is 5. The van der Waals surface area contributed by atoms with E-state index in [2.05, 4.69) is 14.7 Å². The second-order valence-corrected chi connectivity index (χ2v) is 7.13. The molecule has 1 aromatic heterocycles. The Balaban J connectivity index is 1.69. The third-order valence-corrected chi connectivity index (χ3v) is 5.24. The number of hydrogen-bond donors (Lipinski definition) is 2. The highest BCUT2D eigenvalue weighted by atomic mass is 32.2. The van der Waals surface area contributed by atoms with Gasteiger partial charge in [0.25, 0.3) is 0 Å². The van der Waals surface area contributed by atoms with E-state index in [1.165, 1.54) is 37.6 Å². The van der Waals surface area contributed by atoms with Gasteiger partial charge in [-0.1, -0.05) is 6.07 Å². The van der Waals surface area contributed by atoms with E-state index in [1.54, 1.807) is 18.2 Å². The van der Waals surface area contributed by atoms with Gasteiger partial charge in [0.05, 0.1) is 28.8 Å². The van der Waals surface area contributed by atoms with Crippen LogP contribution in [0.25, 0.3) is 22.0 Å². The molecule has 4 rings (SSSR count). The third-order valence-electron chi connectivity index (χ3n) is 4.37. The van der Waals surface area contributed by atoms with Crippen molar-refractivity contribution in [2.24, 2.45) is 0 Å². The Hall–Kier alpha value is -3.46. The molecule has 3 aromatic carbocycles. The largest absolute Gasteiger partial charge is 0.496 e. The second-order valence-electron chi connectivity index (χ2n) is 6.29. The molecule has 0 radical (unpaired) electrons. The van der Waals surface area contributed by atoms with Gasteiger partial charge in [0.1, 0.15) is 17.4 Å². The van der Waals surface area contributed by atoms with Crippen LogP contribution in [0.5, 0.6) is 5.75 Å². The summed E-state index contributed by atoms with van der Waals surface area (Å²) in [5, 5.41) is 0.595. The minimum atomic E-state index is -0.784. The lowest BCUT2D eigenvalue weighted by atomic mass is 10.0. The van der Waals surface area contributed by atoms with Crippen LogP contribution in [-0.4, -0.2) is 17.1 Å². The number of methoxy groups -OCH3 is 1. The molecular weight excluding hydrogens is 413 g/mol. The van der Waals surface area contributed by atoms with Gasteiger partial charge in [0.2, 0.25) is 5.95 Å². The maximum Gasteiger partial charge on any atom is 0.220 e. The summed E-state index contributed by atoms with van der Waals surface area (Å²) in [7, 11) is 1.45. The van der Waals surface area contributed by atoms with Crippen molar-refractivity contribution in [1.29, 1.82) is 0 Å². The first-order chi connectivity index (χ1) is 14.5. The first-order valence-electron chi connectivity index (χ1n) is 8.73. The Morgan fingerprint density at radius 1 is 1.03 bits per heavy atom. The number of anilines is 2. The number of halogens is 3. The van der Waals surface area contributed by atoms with E-state index in [-0.39, 0.29) is 17.2 Å². The molecule has 0 bridgehead atoms. The Labute approximate surface area is 174 Å². The fourth-order valence-electron chi connectivity index (χ4n) is 2.94. The number of fused-ring (bicyclic) bond motifs is 1. The predicted molar refractivity (Wildman–Crippen MR) is 112 cm³/mol. The van der Waals surface area contributed by atoms with E-state index in [0.29, 0.717) is 27.1 Å². The van der Waals surface area contributed by atoms with E-state index in [9.17, 15) is 8.78 Å². The summed E-state index contributed by atoms with van der Waals surface area (Å²) in [6.45, 7) is 0. The van der Waals surface area contributed by atoms with Gasteiger partial charge in [0, 0.05) is 11.6 Å². The predicted octanol–water partition coefficient (Wildman–Crippen LogP) is 5.42. The van der Waals surface area contributed by atoms with E-state index in [4.69, 9.17) is 10.5 Å². The molecule has 0 aliphatic heterocycles. The van der Waals surface area contributed by atoms with Crippen molar-refractivity contribution in [3.05, 3.63) is 72.2 Å². The summed E-state index contributed by atoms with van der Waals surface area (Å²) >= 11 is 0.956. The van der Waals surface area contributed by atoms with Crippen LogP contribution in [0, 0.1) is 17.5 Å². The van der Waals surface area contributed by atoms with Gasteiger partial charge in [0.15, 0.2) is 5.82 Å². The minimum Gasteiger partial charge on any atom is -0.496 e. The molecule has 0 saturated heterocycles. The smallest absolute Gasteiger partial charge is 0.220 e. The van der Waals surface area contributed by atoms with Gasteiger partial charge in [-0.25, -0.2) is 23.1 Å². The van der Waals surface area contributed by atoms with E-state index < -0.39 is 17.5 Å². The molecule has 0 atom stereocenters. The van der Waals surface area contributed by atoms with Crippen LogP contribution in [0.2, 0.25) is 0 Å². The number of nitrogens with zero attached hydrogens (tertiary/aromatic N) is 2. The van der Waals surface area contributed by atoms with E-state index in [0.717, 1.165) is 18.0 Å². The number of nitrogen functional groups attached to an aromatic ring is 1. The summed E-state index contributed by atoms with van der Waals surface area (Å²) in [6, 6.07) is 11.2. The minimum absolute atomic E-state index is 0.0383. The third kappa shape index (κ3) is 3.84. The standard InChI is InChI=1S/C21H15F3N4OS/c1-29-17-7-3-13(22)9-18(17)30-28-16-6-4-14(23)19(20(16)24)11-2-5-15-12(8-11)10-26-21(25)27-15/h2-10,28H,1H3,(H2,25,26,27). The van der Waals surface area contributed by atoms with Gasteiger partial charge in [-0.3, -0.25) is 0 Å². The summed E-state index contributed by atoms with van der Waals surface area (Å²) in [5.74, 6) is -1.43. The molecule has 1 heterocycles. The lowest BCUT2D eigenvalue weighted by Crippen LogP contribution is -1.98. The van der Waals surface area contributed by atoms with Crippen molar-refractivity contribution in [3.63, 3.8) is 0 Å². The van der Waals surface area contributed by atoms with Crippen LogP contribution in [-0.2, 0) is 0 Å². The maximum atomic E-state index is 15.2. The Bertz CT molecular complexity index is 1250. The molecule has 0 aliphatic rings. The van der Waals surface area contributed by atoms with Gasteiger partial charge in [-0.2, -0.15) is 0 Å². The Morgan fingerprint density at radius 2 is 1.87 bits per heavy atom. The quantitative estimate of drug-likeness (QED) is 0.413. The SMILES string of the molecule is COc1ccc(F)cc1SNc1ccc(F)c(-c2ccc3nc(N)ncc3c2)c1F. The number of hydrogen-bond acceptors (Lipinski definition) is 6. The molecule has 9 heteroatoms. The van der Waals surface area contributed by atoms with Crippen molar-refractivity contribution >= 4 is 34.5 Å². The van der Waals surface area contributed by atoms with Gasteiger partial charge < -0.3 is 15.2 Å². The average molecular weight is 428 g/mol. The molecule has 0 aliphatic carbocycles. The fraction of sp³-hybridized carbons (Fsp3) is 0.0476. The fourth-order valence-corrected chi connectivity index (χ4v) is 3.74. The highest BCUT2D eigenvalue weighted by Gasteiger charge is 2.17. The average Bonchev–Trinajstić information content (AvgIpc) is 2.73. The molecule has 0 fully saturated rings. The van der Waals surface area contributed by atoms with E-state index >= 15 is 4.39 Å². The molecule has 30 heavy (non-hydrogen) atoms. The van der Waals surface area contributed by atoms with Gasteiger partial charge in [-0.15, -0.1) is 0 Å². The van der Waals surface area contributed by atoms with Crippen LogP contribution in [0.3, 0.4) is 0 Å². The van der Waals surface area contributed by atoms with Gasteiger partial charge >= 0.3 is 0 Å². The van der Waals surface area contributed by atoms with Crippen LogP contribution in [0.4, 0.5) is 24.8 Å². The molecular formula is C21H15F3N4OS. The zero-order valence-corrected chi connectivity index (χ0v) is 16.4. The molecule has 0 amide bonds. The van der Waals surface area contributed by atoms with Crippen molar-refractivity contribution in [2.45, 2.75) is 4.90 Å². The highest BCUT2D eigenvalue weighted by molar-refractivity contribution is 8.00. The van der Waals surface area contributed by atoms with Crippen molar-refractivity contribution in [1.82, 2.24) is 9.97 Å².